The Bertz CT molecular complexity index is 807. The highest BCUT2D eigenvalue weighted by molar-refractivity contribution is 7.18. The third-order valence-electron chi connectivity index (χ3n) is 4.01. The first-order valence-electron chi connectivity index (χ1n) is 6.90. The summed E-state index contributed by atoms with van der Waals surface area (Å²) < 4.78 is 0. The zero-order valence-electron chi connectivity index (χ0n) is 11.3. The minimum absolute atomic E-state index is 0.310. The van der Waals surface area contributed by atoms with Crippen LogP contribution in [0, 0.1) is 0 Å². The Hall–Kier alpha value is -1.94. The molecule has 3 nitrogen and oxygen atoms in total. The summed E-state index contributed by atoms with van der Waals surface area (Å²) in [5, 5.41) is 1.00. The van der Waals surface area contributed by atoms with Crippen molar-refractivity contribution in [2.24, 2.45) is 0 Å². The molecule has 1 unspecified atom stereocenters. The van der Waals surface area contributed by atoms with E-state index in [4.69, 9.17) is 10.7 Å². The van der Waals surface area contributed by atoms with E-state index in [0.29, 0.717) is 11.7 Å². The summed E-state index contributed by atoms with van der Waals surface area (Å²) in [7, 11) is 0. The largest absolute Gasteiger partial charge is 0.383 e. The topological polar surface area (TPSA) is 51.8 Å². The Morgan fingerprint density at radius 1 is 1.30 bits per heavy atom. The molecule has 0 spiro atoms. The molecule has 3 aromatic rings. The molecule has 1 atom stereocenters. The van der Waals surface area contributed by atoms with Crippen molar-refractivity contribution in [3.63, 3.8) is 0 Å². The van der Waals surface area contributed by atoms with Crippen molar-refractivity contribution >= 4 is 27.4 Å². The van der Waals surface area contributed by atoms with E-state index in [9.17, 15) is 0 Å². The summed E-state index contributed by atoms with van der Waals surface area (Å²) in [6.45, 7) is 2.15. The average Bonchev–Trinajstić information content (AvgIpc) is 2.84. The second kappa shape index (κ2) is 4.28. The predicted octanol–water partition coefficient (Wildman–Crippen LogP) is 3.52. The molecule has 0 saturated heterocycles. The van der Waals surface area contributed by atoms with E-state index in [1.165, 1.54) is 16.0 Å². The van der Waals surface area contributed by atoms with Gasteiger partial charge in [0.15, 0.2) is 0 Å². The number of nitrogen functional groups attached to an aromatic ring is 1. The van der Waals surface area contributed by atoms with E-state index < -0.39 is 0 Å². The number of anilines is 1. The van der Waals surface area contributed by atoms with Gasteiger partial charge >= 0.3 is 0 Å². The van der Waals surface area contributed by atoms with Crippen LogP contribution in [0.4, 0.5) is 5.82 Å². The van der Waals surface area contributed by atoms with Crippen LogP contribution in [0.2, 0.25) is 0 Å². The number of fused-ring (bicyclic) bond motifs is 2. The van der Waals surface area contributed by atoms with Crippen LogP contribution >= 0.6 is 11.3 Å². The van der Waals surface area contributed by atoms with Crippen LogP contribution in [-0.2, 0) is 12.8 Å². The minimum Gasteiger partial charge on any atom is -0.383 e. The standard InChI is InChI=1S/C16H15N3S/c1-2-10-8-13-14(17)18-15(19-16(13)20-10)12-7-9-5-3-4-6-11(9)12/h3-6,8,12H,2,7H2,1H3,(H2,17,18,19). The molecule has 100 valence electrons. The number of aryl methyl sites for hydroxylation is 1. The Labute approximate surface area is 121 Å². The van der Waals surface area contributed by atoms with Crippen molar-refractivity contribution in [2.45, 2.75) is 25.7 Å². The van der Waals surface area contributed by atoms with Crippen molar-refractivity contribution in [3.05, 3.63) is 52.2 Å². The summed E-state index contributed by atoms with van der Waals surface area (Å²) in [5.41, 5.74) is 8.87. The van der Waals surface area contributed by atoms with Crippen LogP contribution < -0.4 is 5.73 Å². The highest BCUT2D eigenvalue weighted by atomic mass is 32.1. The molecular weight excluding hydrogens is 266 g/mol. The molecule has 0 saturated carbocycles. The lowest BCUT2D eigenvalue weighted by molar-refractivity contribution is 0.665. The van der Waals surface area contributed by atoms with Gasteiger partial charge in [-0.05, 0) is 30.0 Å². The highest BCUT2D eigenvalue weighted by Crippen LogP contribution is 2.40. The summed E-state index contributed by atoms with van der Waals surface area (Å²) >= 11 is 1.73. The van der Waals surface area contributed by atoms with Gasteiger partial charge in [-0.1, -0.05) is 31.2 Å². The Kier molecular flexibility index (Phi) is 2.54. The molecule has 1 aliphatic rings. The maximum Gasteiger partial charge on any atom is 0.140 e. The average molecular weight is 281 g/mol. The Morgan fingerprint density at radius 3 is 2.95 bits per heavy atom. The number of hydrogen-bond donors (Lipinski definition) is 1. The number of thiophene rings is 1. The first-order valence-corrected chi connectivity index (χ1v) is 7.71. The zero-order chi connectivity index (χ0) is 13.7. The monoisotopic (exact) mass is 281 g/mol. The maximum atomic E-state index is 6.12. The lowest BCUT2D eigenvalue weighted by atomic mass is 9.77. The maximum absolute atomic E-state index is 6.12. The molecule has 2 aromatic heterocycles. The summed E-state index contributed by atoms with van der Waals surface area (Å²) in [4.78, 5) is 11.6. The van der Waals surface area contributed by atoms with E-state index in [0.717, 1.165) is 28.9 Å². The van der Waals surface area contributed by atoms with Gasteiger partial charge in [-0.2, -0.15) is 0 Å². The van der Waals surface area contributed by atoms with Gasteiger partial charge in [-0.3, -0.25) is 0 Å². The molecule has 4 rings (SSSR count). The fraction of sp³-hybridized carbons (Fsp3) is 0.250. The van der Waals surface area contributed by atoms with E-state index in [2.05, 4.69) is 42.2 Å². The third-order valence-corrected chi connectivity index (χ3v) is 5.18. The van der Waals surface area contributed by atoms with Crippen molar-refractivity contribution < 1.29 is 0 Å². The first-order chi connectivity index (χ1) is 9.76. The van der Waals surface area contributed by atoms with Gasteiger partial charge in [0.05, 0.1) is 5.39 Å². The van der Waals surface area contributed by atoms with E-state index in [1.807, 2.05) is 0 Å². The van der Waals surface area contributed by atoms with Crippen molar-refractivity contribution in [1.82, 2.24) is 9.97 Å². The lowest BCUT2D eigenvalue weighted by Gasteiger charge is -2.28. The fourth-order valence-corrected chi connectivity index (χ4v) is 3.81. The lowest BCUT2D eigenvalue weighted by Crippen LogP contribution is -2.20. The molecule has 2 heterocycles. The predicted molar refractivity (Wildman–Crippen MR) is 83.2 cm³/mol. The number of benzene rings is 1. The molecule has 0 fully saturated rings. The van der Waals surface area contributed by atoms with Crippen molar-refractivity contribution in [2.75, 3.05) is 5.73 Å². The number of nitrogens with zero attached hydrogens (tertiary/aromatic N) is 2. The first kappa shape index (κ1) is 11.9. The molecule has 0 amide bonds. The summed E-state index contributed by atoms with van der Waals surface area (Å²) in [5.74, 6) is 1.80. The number of rotatable bonds is 2. The molecule has 4 heteroatoms. The van der Waals surface area contributed by atoms with Crippen LogP contribution in [0.25, 0.3) is 10.2 Å². The molecule has 0 bridgehead atoms. The Morgan fingerprint density at radius 2 is 2.15 bits per heavy atom. The second-order valence-electron chi connectivity index (χ2n) is 5.21. The van der Waals surface area contributed by atoms with Crippen LogP contribution in [0.15, 0.2) is 30.3 Å². The van der Waals surface area contributed by atoms with Crippen molar-refractivity contribution in [1.29, 1.82) is 0 Å². The van der Waals surface area contributed by atoms with Gasteiger partial charge in [-0.15, -0.1) is 11.3 Å². The molecule has 2 N–H and O–H groups in total. The smallest absolute Gasteiger partial charge is 0.140 e. The molecule has 1 aromatic carbocycles. The van der Waals surface area contributed by atoms with Crippen LogP contribution in [-0.4, -0.2) is 9.97 Å². The summed E-state index contributed by atoms with van der Waals surface area (Å²) in [6.07, 6.45) is 2.04. The molecular formula is C16H15N3S. The zero-order valence-corrected chi connectivity index (χ0v) is 12.1. The number of hydrogen-bond acceptors (Lipinski definition) is 4. The quantitative estimate of drug-likeness (QED) is 0.782. The molecule has 20 heavy (non-hydrogen) atoms. The van der Waals surface area contributed by atoms with Gasteiger partial charge in [-0.25, -0.2) is 9.97 Å². The van der Waals surface area contributed by atoms with Crippen LogP contribution in [0.5, 0.6) is 0 Å². The molecule has 0 radical (unpaired) electrons. The molecule has 1 aliphatic carbocycles. The number of nitrogens with two attached hydrogens (primary N) is 1. The third kappa shape index (κ3) is 1.64. The highest BCUT2D eigenvalue weighted by Gasteiger charge is 2.30. The van der Waals surface area contributed by atoms with Crippen LogP contribution in [0.3, 0.4) is 0 Å². The second-order valence-corrected chi connectivity index (χ2v) is 6.32. The minimum atomic E-state index is 0.310. The van der Waals surface area contributed by atoms with Gasteiger partial charge in [0, 0.05) is 10.8 Å². The number of aromatic nitrogens is 2. The van der Waals surface area contributed by atoms with Gasteiger partial charge < -0.3 is 5.73 Å². The fourth-order valence-electron chi connectivity index (χ4n) is 2.83. The van der Waals surface area contributed by atoms with Gasteiger partial charge in [0.1, 0.15) is 16.5 Å². The van der Waals surface area contributed by atoms with Crippen LogP contribution in [0.1, 0.15) is 34.7 Å². The van der Waals surface area contributed by atoms with E-state index >= 15 is 0 Å². The summed E-state index contributed by atoms with van der Waals surface area (Å²) in [6, 6.07) is 10.6. The van der Waals surface area contributed by atoms with E-state index in [-0.39, 0.29) is 0 Å². The SMILES string of the molecule is CCc1cc2c(N)nc(C3Cc4ccccc43)nc2s1. The van der Waals surface area contributed by atoms with Crippen molar-refractivity contribution in [3.8, 4) is 0 Å². The normalized spacial score (nSPS) is 16.9. The molecule has 0 aliphatic heterocycles. The van der Waals surface area contributed by atoms with E-state index in [1.54, 1.807) is 11.3 Å². The Balaban J connectivity index is 1.82. The van der Waals surface area contributed by atoms with Gasteiger partial charge in [0.25, 0.3) is 0 Å². The van der Waals surface area contributed by atoms with Gasteiger partial charge in [0.2, 0.25) is 0 Å².